The molecule has 1 unspecified atom stereocenters. The molecule has 0 aromatic heterocycles. The summed E-state index contributed by atoms with van der Waals surface area (Å²) in [6.07, 6.45) is 10.7. The third kappa shape index (κ3) is 3.43. The van der Waals surface area contributed by atoms with Crippen molar-refractivity contribution in [1.82, 2.24) is 10.6 Å². The zero-order valence-corrected chi connectivity index (χ0v) is 10.5. The minimum atomic E-state index is 0. The maximum atomic E-state index is 12.1. The lowest BCUT2D eigenvalue weighted by Gasteiger charge is -2.25. The molecule has 0 aromatic carbocycles. The monoisotopic (exact) mass is 236 g/mol. The van der Waals surface area contributed by atoms with Gasteiger partial charge in [-0.1, -0.05) is 18.2 Å². The van der Waals surface area contributed by atoms with Crippen LogP contribution in [0.25, 0.3) is 0 Å². The van der Waals surface area contributed by atoms with Crippen molar-refractivity contribution in [1.29, 1.82) is 0 Å². The third-order valence-electron chi connectivity index (χ3n) is 3.59. The van der Waals surface area contributed by atoms with Gasteiger partial charge in [-0.25, -0.2) is 0 Å². The average Bonchev–Trinajstić information content (AvgIpc) is 2.40. The molecule has 2 aliphatic rings. The van der Waals surface area contributed by atoms with Gasteiger partial charge in [-0.05, 0) is 51.3 Å². The summed E-state index contributed by atoms with van der Waals surface area (Å²) >= 11 is 0. The Morgan fingerprint density at radius 2 is 2.24 bits per heavy atom. The molecule has 1 atom stereocenters. The lowest BCUT2D eigenvalue weighted by Crippen LogP contribution is -2.42. The van der Waals surface area contributed by atoms with Gasteiger partial charge < -0.3 is 10.6 Å². The molecule has 3 heteroatoms. The quantitative estimate of drug-likeness (QED) is 0.787. The van der Waals surface area contributed by atoms with E-state index in [1.807, 2.05) is 0 Å². The van der Waals surface area contributed by atoms with Crippen molar-refractivity contribution in [3.05, 3.63) is 23.8 Å². The molecule has 96 valence electrons. The molecule has 0 radical (unpaired) electrons. The van der Waals surface area contributed by atoms with E-state index in [-0.39, 0.29) is 19.3 Å². The van der Waals surface area contributed by atoms with Gasteiger partial charge in [0.15, 0.2) is 0 Å². The Balaban J connectivity index is 0.00000162. The second-order valence-electron chi connectivity index (χ2n) is 4.94. The lowest BCUT2D eigenvalue weighted by atomic mass is 9.95. The van der Waals surface area contributed by atoms with Crippen LogP contribution in [0.15, 0.2) is 23.8 Å². The first kappa shape index (κ1) is 12.4. The molecule has 1 saturated heterocycles. The molecule has 3 nitrogen and oxygen atoms in total. The first-order chi connectivity index (χ1) is 8.27. The molecule has 0 aromatic rings. The maximum Gasteiger partial charge on any atom is 0.223 e. The average molecular weight is 236 g/mol. The molecule has 1 fully saturated rings. The number of hydrogen-bond donors (Lipinski definition) is 2. The van der Waals surface area contributed by atoms with Crippen molar-refractivity contribution in [3.8, 4) is 0 Å². The predicted molar refractivity (Wildman–Crippen MR) is 71.8 cm³/mol. The summed E-state index contributed by atoms with van der Waals surface area (Å²) in [5.41, 5.74) is 1.25. The number of nitrogens with one attached hydrogen (secondary N) is 2. The predicted octanol–water partition coefficient (Wildman–Crippen LogP) is 2.01. The summed E-state index contributed by atoms with van der Waals surface area (Å²) in [5.74, 6) is 0.422. The van der Waals surface area contributed by atoms with E-state index in [0.717, 1.165) is 38.8 Å². The van der Waals surface area contributed by atoms with E-state index in [9.17, 15) is 4.79 Å². The Labute approximate surface area is 105 Å². The van der Waals surface area contributed by atoms with Gasteiger partial charge in [0.1, 0.15) is 0 Å². The number of hydrogen-bond acceptors (Lipinski definition) is 2. The summed E-state index contributed by atoms with van der Waals surface area (Å²) in [6.45, 7) is 4.00. The highest BCUT2D eigenvalue weighted by molar-refractivity contribution is 5.79. The lowest BCUT2D eigenvalue weighted by molar-refractivity contribution is -0.126. The van der Waals surface area contributed by atoms with E-state index in [2.05, 4.69) is 35.8 Å². The molecular formula is C14H24N2O. The van der Waals surface area contributed by atoms with Crippen molar-refractivity contribution in [2.45, 2.75) is 38.6 Å². The SMILES string of the molecule is CC(NC(=O)C1CCNCC1)C1=CCCC=C1.[HH]. The Morgan fingerprint density at radius 1 is 1.47 bits per heavy atom. The van der Waals surface area contributed by atoms with Crippen LogP contribution in [0.5, 0.6) is 0 Å². The molecule has 1 aliphatic carbocycles. The number of piperidine rings is 1. The highest BCUT2D eigenvalue weighted by atomic mass is 16.1. The minimum Gasteiger partial charge on any atom is -0.349 e. The zero-order chi connectivity index (χ0) is 12.1. The van der Waals surface area contributed by atoms with Crippen LogP contribution in [0, 0.1) is 5.92 Å². The van der Waals surface area contributed by atoms with Gasteiger partial charge >= 0.3 is 0 Å². The van der Waals surface area contributed by atoms with Gasteiger partial charge in [0.05, 0.1) is 6.04 Å². The molecule has 2 rings (SSSR count). The van der Waals surface area contributed by atoms with Gasteiger partial charge in [-0.3, -0.25) is 4.79 Å². The molecule has 0 spiro atoms. The highest BCUT2D eigenvalue weighted by Crippen LogP contribution is 2.16. The second kappa shape index (κ2) is 6.01. The first-order valence-corrected chi connectivity index (χ1v) is 6.65. The van der Waals surface area contributed by atoms with Crippen LogP contribution in [-0.2, 0) is 4.79 Å². The Bertz CT molecular complexity index is 333. The first-order valence-electron chi connectivity index (χ1n) is 6.65. The van der Waals surface area contributed by atoms with E-state index >= 15 is 0 Å². The van der Waals surface area contributed by atoms with Crippen LogP contribution < -0.4 is 10.6 Å². The number of rotatable bonds is 3. The van der Waals surface area contributed by atoms with Crippen molar-refractivity contribution < 1.29 is 6.22 Å². The molecule has 1 amide bonds. The van der Waals surface area contributed by atoms with E-state index in [4.69, 9.17) is 0 Å². The number of carbonyl (C=O) groups is 1. The van der Waals surface area contributed by atoms with Crippen LogP contribution in [0.4, 0.5) is 0 Å². The molecule has 17 heavy (non-hydrogen) atoms. The zero-order valence-electron chi connectivity index (χ0n) is 10.5. The van der Waals surface area contributed by atoms with E-state index < -0.39 is 0 Å². The summed E-state index contributed by atoms with van der Waals surface area (Å²) in [4.78, 5) is 12.1. The molecular weight excluding hydrogens is 212 g/mol. The van der Waals surface area contributed by atoms with Crippen LogP contribution in [0.1, 0.15) is 34.0 Å². The van der Waals surface area contributed by atoms with Gasteiger partial charge in [0, 0.05) is 7.34 Å². The van der Waals surface area contributed by atoms with Crippen molar-refractivity contribution in [2.24, 2.45) is 5.92 Å². The highest BCUT2D eigenvalue weighted by Gasteiger charge is 2.22. The third-order valence-corrected chi connectivity index (χ3v) is 3.59. The normalized spacial score (nSPS) is 23.0. The Hall–Kier alpha value is -1.09. The number of allylic oxidation sites excluding steroid dienone is 2. The Morgan fingerprint density at radius 3 is 2.88 bits per heavy atom. The second-order valence-corrected chi connectivity index (χ2v) is 4.94. The van der Waals surface area contributed by atoms with Crippen molar-refractivity contribution in [2.75, 3.05) is 13.1 Å². The topological polar surface area (TPSA) is 41.1 Å². The van der Waals surface area contributed by atoms with E-state index in [1.165, 1.54) is 5.57 Å². The molecule has 1 aliphatic heterocycles. The number of carbonyl (C=O) groups excluding carboxylic acids is 1. The smallest absolute Gasteiger partial charge is 0.223 e. The molecule has 2 N–H and O–H groups in total. The van der Waals surface area contributed by atoms with Crippen molar-refractivity contribution >= 4 is 5.91 Å². The van der Waals surface area contributed by atoms with Gasteiger partial charge in [0.25, 0.3) is 0 Å². The standard InChI is InChI=1S/C14H22N2O.H2/c1-11(12-5-3-2-4-6-12)16-14(17)13-7-9-15-10-8-13;/h3,5-6,11,13,15H,2,4,7-10H2,1H3,(H,16,17);1H. The van der Waals surface area contributed by atoms with E-state index in [1.54, 1.807) is 0 Å². The van der Waals surface area contributed by atoms with Crippen LogP contribution >= 0.6 is 0 Å². The maximum absolute atomic E-state index is 12.1. The van der Waals surface area contributed by atoms with E-state index in [0.29, 0.717) is 0 Å². The summed E-state index contributed by atoms with van der Waals surface area (Å²) in [6, 6.07) is 0.147. The summed E-state index contributed by atoms with van der Waals surface area (Å²) in [5, 5.41) is 6.42. The van der Waals surface area contributed by atoms with Gasteiger partial charge in [-0.15, -0.1) is 0 Å². The van der Waals surface area contributed by atoms with Crippen LogP contribution in [0.3, 0.4) is 0 Å². The largest absolute Gasteiger partial charge is 0.349 e. The fraction of sp³-hybridized carbons (Fsp3) is 0.643. The molecule has 1 heterocycles. The van der Waals surface area contributed by atoms with Gasteiger partial charge in [-0.2, -0.15) is 0 Å². The van der Waals surface area contributed by atoms with Gasteiger partial charge in [0.2, 0.25) is 5.91 Å². The minimum absolute atomic E-state index is 0. The van der Waals surface area contributed by atoms with Crippen LogP contribution in [0.2, 0.25) is 0 Å². The summed E-state index contributed by atoms with van der Waals surface area (Å²) in [7, 11) is 0. The fourth-order valence-corrected chi connectivity index (χ4v) is 2.45. The fourth-order valence-electron chi connectivity index (χ4n) is 2.45. The number of amides is 1. The molecule has 0 bridgehead atoms. The summed E-state index contributed by atoms with van der Waals surface area (Å²) < 4.78 is 0. The molecule has 0 saturated carbocycles. The Kier molecular flexibility index (Phi) is 4.37. The van der Waals surface area contributed by atoms with Crippen LogP contribution in [-0.4, -0.2) is 25.0 Å². The van der Waals surface area contributed by atoms with Crippen molar-refractivity contribution in [3.63, 3.8) is 0 Å².